The van der Waals surface area contributed by atoms with Gasteiger partial charge < -0.3 is 25.0 Å². The average Bonchev–Trinajstić information content (AvgIpc) is 3.75. The van der Waals surface area contributed by atoms with Crippen LogP contribution in [0.2, 0.25) is 0 Å². The van der Waals surface area contributed by atoms with Crippen molar-refractivity contribution in [3.8, 4) is 27.2 Å². The Kier molecular flexibility index (Phi) is 12.6. The third-order valence-corrected chi connectivity index (χ3v) is 16.0. The highest BCUT2D eigenvalue weighted by Crippen LogP contribution is 2.49. The lowest BCUT2D eigenvalue weighted by atomic mass is 9.88. The van der Waals surface area contributed by atoms with Gasteiger partial charge in [0.15, 0.2) is 0 Å². The number of alkyl carbamates (subject to hydrolysis) is 1. The van der Waals surface area contributed by atoms with Gasteiger partial charge in [0.1, 0.15) is 50.9 Å². The van der Waals surface area contributed by atoms with Gasteiger partial charge in [0, 0.05) is 41.7 Å². The van der Waals surface area contributed by atoms with Gasteiger partial charge in [-0.15, -0.1) is 22.7 Å². The molecule has 3 aromatic rings. The number of rotatable bonds is 9. The molecule has 0 unspecified atom stereocenters. The highest BCUT2D eigenvalue weighted by atomic mass is 32.2. The predicted molar refractivity (Wildman–Crippen MR) is 224 cm³/mol. The number of alkyl halides is 3. The van der Waals surface area contributed by atoms with Gasteiger partial charge in [-0.3, -0.25) is 19.1 Å². The third kappa shape index (κ3) is 9.63. The number of thiazole rings is 2. The highest BCUT2D eigenvalue weighted by Gasteiger charge is 2.63. The Morgan fingerprint density at radius 3 is 2.23 bits per heavy atom. The van der Waals surface area contributed by atoms with E-state index in [0.717, 1.165) is 0 Å². The molecule has 3 aromatic heterocycles. The smallest absolute Gasteiger partial charge is 0.427 e. The molecule has 7 rings (SSSR count). The molecule has 2 aliphatic heterocycles. The van der Waals surface area contributed by atoms with Crippen molar-refractivity contribution in [2.45, 2.75) is 126 Å². The number of halogens is 3. The molecule has 3 N–H and O–H groups in total. The largest absolute Gasteiger partial charge is 0.488 e. The number of carbonyl (C=O) groups excluding carboxylic acids is 4. The van der Waals surface area contributed by atoms with Crippen LogP contribution in [-0.2, 0) is 29.1 Å². The molecule has 0 aromatic carbocycles. The van der Waals surface area contributed by atoms with Crippen LogP contribution >= 0.6 is 22.7 Å². The van der Waals surface area contributed by atoms with Gasteiger partial charge in [-0.05, 0) is 83.5 Å². The Morgan fingerprint density at radius 2 is 1.65 bits per heavy atom. The zero-order valence-electron chi connectivity index (χ0n) is 34.9. The second-order valence-corrected chi connectivity index (χ2v) is 21.6. The van der Waals surface area contributed by atoms with Gasteiger partial charge >= 0.3 is 12.3 Å². The summed E-state index contributed by atoms with van der Waals surface area (Å²) in [6, 6.07) is 0.572. The van der Waals surface area contributed by atoms with Gasteiger partial charge in [0.2, 0.25) is 27.4 Å². The molecular weight excluding hydrogens is 872 g/mol. The van der Waals surface area contributed by atoms with Crippen LogP contribution in [0.5, 0.6) is 5.75 Å². The number of hydrogen-bond acceptors (Lipinski definition) is 13. The summed E-state index contributed by atoms with van der Waals surface area (Å²) in [5.41, 5.74) is -3.53. The molecule has 2 saturated carbocycles. The lowest BCUT2D eigenvalue weighted by molar-refractivity contribution is -0.244. The van der Waals surface area contributed by atoms with E-state index in [9.17, 15) is 40.8 Å². The van der Waals surface area contributed by atoms with Crippen LogP contribution in [0.1, 0.15) is 86.0 Å². The van der Waals surface area contributed by atoms with Crippen molar-refractivity contribution in [3.05, 3.63) is 47.4 Å². The Morgan fingerprint density at radius 1 is 1.00 bits per heavy atom. The van der Waals surface area contributed by atoms with Crippen LogP contribution in [0.25, 0.3) is 21.4 Å². The van der Waals surface area contributed by atoms with Crippen molar-refractivity contribution in [2.75, 3.05) is 6.54 Å². The molecule has 3 fully saturated rings. The first-order chi connectivity index (χ1) is 29.1. The zero-order chi connectivity index (χ0) is 44.8. The normalized spacial score (nSPS) is 28.5. The number of hydrogen-bond donors (Lipinski definition) is 3. The Balaban J connectivity index is 1.24. The average molecular weight is 922 g/mol. The van der Waals surface area contributed by atoms with Crippen LogP contribution in [-0.4, -0.2) is 98.9 Å². The molecule has 0 spiro atoms. The van der Waals surface area contributed by atoms with Crippen LogP contribution in [0, 0.1) is 17.8 Å². The number of nitrogens with zero attached hydrogens (tertiary/aromatic N) is 4. The first-order valence-corrected chi connectivity index (χ1v) is 23.7. The van der Waals surface area contributed by atoms with E-state index in [1.165, 1.54) is 27.6 Å². The fourth-order valence-corrected chi connectivity index (χ4v) is 10.5. The summed E-state index contributed by atoms with van der Waals surface area (Å²) in [6.07, 6.45) is 2.67. The fraction of sp³-hybridized carbons (Fsp3) is 0.585. The Hall–Kier alpha value is -4.63. The number of amides is 4. The summed E-state index contributed by atoms with van der Waals surface area (Å²) in [7, 11) is -4.09. The number of nitrogens with one attached hydrogen (secondary N) is 3. The van der Waals surface area contributed by atoms with Crippen LogP contribution < -0.4 is 20.1 Å². The molecule has 336 valence electrons. The number of fused-ring (bicyclic) bond motifs is 2. The van der Waals surface area contributed by atoms with Crippen molar-refractivity contribution in [1.29, 1.82) is 0 Å². The van der Waals surface area contributed by atoms with E-state index >= 15 is 0 Å². The van der Waals surface area contributed by atoms with E-state index < -0.39 is 85.9 Å². The molecule has 62 heavy (non-hydrogen) atoms. The van der Waals surface area contributed by atoms with Gasteiger partial charge in [0.05, 0.1) is 11.3 Å². The third-order valence-electron chi connectivity index (χ3n) is 12.3. The first kappa shape index (κ1) is 45.4. The number of allylic oxidation sites excluding steroid dienone is 2. The fourth-order valence-electron chi connectivity index (χ4n) is 7.97. The molecule has 4 amide bonds. The van der Waals surface area contributed by atoms with Crippen molar-refractivity contribution in [2.24, 2.45) is 17.8 Å². The summed E-state index contributed by atoms with van der Waals surface area (Å²) < 4.78 is 80.5. The predicted octanol–water partition coefficient (Wildman–Crippen LogP) is 6.39. The van der Waals surface area contributed by atoms with E-state index in [1.807, 2.05) is 19.1 Å². The number of carbonyl (C=O) groups is 4. The molecule has 0 radical (unpaired) electrons. The number of aromatic nitrogens is 3. The van der Waals surface area contributed by atoms with E-state index in [1.54, 1.807) is 49.1 Å². The minimum atomic E-state index is -4.92. The molecule has 0 bridgehead atoms. The van der Waals surface area contributed by atoms with Crippen LogP contribution in [0.4, 0.5) is 18.0 Å². The quantitative estimate of drug-likeness (QED) is 0.201. The van der Waals surface area contributed by atoms with Crippen molar-refractivity contribution in [3.63, 3.8) is 0 Å². The maximum atomic E-state index is 14.9. The van der Waals surface area contributed by atoms with Crippen LogP contribution in [0.3, 0.4) is 0 Å². The van der Waals surface area contributed by atoms with E-state index in [4.69, 9.17) is 14.5 Å². The lowest BCUT2D eigenvalue weighted by Crippen LogP contribution is -2.60. The van der Waals surface area contributed by atoms with E-state index in [-0.39, 0.29) is 25.3 Å². The second-order valence-electron chi connectivity index (χ2n) is 17.6. The minimum absolute atomic E-state index is 0.0124. The van der Waals surface area contributed by atoms with Crippen molar-refractivity contribution in [1.82, 2.24) is 35.2 Å². The number of sulfonamides is 1. The summed E-state index contributed by atoms with van der Waals surface area (Å²) in [4.78, 5) is 71.6. The maximum absolute atomic E-state index is 14.9. The lowest BCUT2D eigenvalue weighted by Gasteiger charge is -2.34. The monoisotopic (exact) mass is 921 g/mol. The summed E-state index contributed by atoms with van der Waals surface area (Å²) in [5, 5.41) is 10.0. The molecule has 7 atom stereocenters. The zero-order valence-corrected chi connectivity index (χ0v) is 37.3. The summed E-state index contributed by atoms with van der Waals surface area (Å²) >= 11 is 2.72. The molecule has 21 heteroatoms. The number of ether oxygens (including phenoxy) is 2. The van der Waals surface area contributed by atoms with Crippen molar-refractivity contribution >= 4 is 56.5 Å². The number of pyridine rings is 1. The molecule has 1 saturated heterocycles. The van der Waals surface area contributed by atoms with Gasteiger partial charge in [-0.1, -0.05) is 26.0 Å². The topological polar surface area (TPSA) is 199 Å². The van der Waals surface area contributed by atoms with Crippen molar-refractivity contribution < 1.29 is 50.2 Å². The molecule has 15 nitrogen and oxygen atoms in total. The Bertz CT molecular complexity index is 2250. The van der Waals surface area contributed by atoms with Gasteiger partial charge in [-0.2, -0.15) is 13.2 Å². The molecule has 4 aliphatic rings. The second kappa shape index (κ2) is 17.2. The molecule has 5 heterocycles. The maximum Gasteiger partial charge on any atom is 0.427 e. The molecule has 2 aliphatic carbocycles. The van der Waals surface area contributed by atoms with Gasteiger partial charge in [-0.25, -0.2) is 28.2 Å². The van der Waals surface area contributed by atoms with Gasteiger partial charge in [0.25, 0.3) is 5.91 Å². The summed E-state index contributed by atoms with van der Waals surface area (Å²) in [6.45, 7) is 6.38. The Labute approximate surface area is 365 Å². The SMILES string of the molecule is C[C@@H]1CC/C=C\C[C@@H]2C[C@@]2(C(=O)NS(=O)(=O)C2(C)CC2)NC(=O)[C@@H]2C[C@@H](Oc3cc(-c4nccs4)nc(-c4nccs4)c3)CN2C(=O)[C@@H](NC(=O)OC(C)(C)C(F)(F)F)[C@H](C)C1. The standard InChI is InChI=1S/C41H50F3N7O8S3/c1-23-9-7-6-8-10-25-21-40(25,36(54)50-62(56,57)39(5)11-12-39)49-32(52)30-20-27(58-26-18-28(33-45-13-15-60-33)47-29(19-26)34-46-14-16-61-34)22-51(30)35(53)31(24(2)17-23)48-37(55)59-38(3,4)41(42,43)44/h6,8,13-16,18-19,23-25,27,30-31H,7,9-12,17,20-22H2,1-5H3,(H,48,55)(H,49,52)(H,50,54)/b8-6-/t23-,24-,25-,27-,30+,31+,40-/m1/s1. The van der Waals surface area contributed by atoms with E-state index in [2.05, 4.69) is 25.3 Å². The minimum Gasteiger partial charge on any atom is -0.488 e. The van der Waals surface area contributed by atoms with Crippen LogP contribution in [0.15, 0.2) is 47.4 Å². The van der Waals surface area contributed by atoms with E-state index in [0.29, 0.717) is 79.5 Å². The highest BCUT2D eigenvalue weighted by molar-refractivity contribution is 7.91. The summed E-state index contributed by atoms with van der Waals surface area (Å²) in [5.74, 6) is -3.22. The first-order valence-electron chi connectivity index (χ1n) is 20.5. The molecular formula is C41H50F3N7O8S3.